The van der Waals surface area contributed by atoms with Crippen LogP contribution >= 0.6 is 0 Å². The number of carbonyl (C=O) groups excluding carboxylic acids is 2. The van der Waals surface area contributed by atoms with E-state index in [4.69, 9.17) is 9.47 Å². The van der Waals surface area contributed by atoms with Crippen molar-refractivity contribution in [2.75, 3.05) is 13.2 Å². The predicted molar refractivity (Wildman–Crippen MR) is 49.0 cm³/mol. The minimum absolute atomic E-state index is 0.0579. The van der Waals surface area contributed by atoms with E-state index in [1.165, 1.54) is 4.90 Å². The second kappa shape index (κ2) is 3.06. The lowest BCUT2D eigenvalue weighted by Gasteiger charge is -2.19. The quantitative estimate of drug-likeness (QED) is 0.583. The van der Waals surface area contributed by atoms with Crippen LogP contribution in [-0.4, -0.2) is 42.3 Å². The number of hydrogen-bond donors (Lipinski definition) is 0. The van der Waals surface area contributed by atoms with Gasteiger partial charge in [0.05, 0.1) is 24.7 Å². The van der Waals surface area contributed by atoms with Gasteiger partial charge in [0.1, 0.15) is 6.61 Å². The molecule has 2 saturated heterocycles. The molecule has 0 aromatic carbocycles. The van der Waals surface area contributed by atoms with Crippen molar-refractivity contribution in [3.63, 3.8) is 0 Å². The van der Waals surface area contributed by atoms with Gasteiger partial charge in [0, 0.05) is 0 Å². The molecule has 5 nitrogen and oxygen atoms in total. The van der Waals surface area contributed by atoms with E-state index in [9.17, 15) is 9.59 Å². The fraction of sp³-hybridized carbons (Fsp3) is 0.600. The Morgan fingerprint density at radius 3 is 2.87 bits per heavy atom. The lowest BCUT2D eigenvalue weighted by molar-refractivity contribution is -0.132. The minimum atomic E-state index is -0.522. The smallest absolute Gasteiger partial charge is 0.416 e. The summed E-state index contributed by atoms with van der Waals surface area (Å²) in [6, 6.07) is 0. The van der Waals surface area contributed by atoms with Gasteiger partial charge in [-0.05, 0) is 6.42 Å². The topological polar surface area (TPSA) is 55.8 Å². The summed E-state index contributed by atoms with van der Waals surface area (Å²) >= 11 is 0. The number of rotatable bonds is 1. The van der Waals surface area contributed by atoms with E-state index in [-0.39, 0.29) is 24.0 Å². The van der Waals surface area contributed by atoms with Gasteiger partial charge in [-0.25, -0.2) is 9.69 Å². The molecule has 3 atom stereocenters. The third-order valence-electron chi connectivity index (χ3n) is 3.07. The maximum Gasteiger partial charge on any atom is 0.416 e. The SMILES string of the molecule is O=C1OCCN1C(=O)[C@H]1C[C@H]2C=C[C@@H]1O2. The number of hydrogen-bond acceptors (Lipinski definition) is 4. The molecule has 0 saturated carbocycles. The monoisotopic (exact) mass is 209 g/mol. The van der Waals surface area contributed by atoms with E-state index < -0.39 is 6.09 Å². The summed E-state index contributed by atoms with van der Waals surface area (Å²) < 4.78 is 10.2. The Morgan fingerprint density at radius 1 is 1.47 bits per heavy atom. The van der Waals surface area contributed by atoms with Crippen molar-refractivity contribution < 1.29 is 19.1 Å². The van der Waals surface area contributed by atoms with Crippen molar-refractivity contribution in [2.45, 2.75) is 18.6 Å². The standard InChI is InChI=1S/C10H11NO4/c12-9(11-3-4-14-10(11)13)7-5-6-1-2-8(7)15-6/h1-2,6-8H,3-5H2/t6-,7+,8+/m1/s1. The molecule has 2 fully saturated rings. The highest BCUT2D eigenvalue weighted by atomic mass is 16.6. The Kier molecular flexibility index (Phi) is 1.82. The van der Waals surface area contributed by atoms with Gasteiger partial charge >= 0.3 is 6.09 Å². The maximum atomic E-state index is 12.0. The van der Waals surface area contributed by atoms with Gasteiger partial charge < -0.3 is 9.47 Å². The van der Waals surface area contributed by atoms with E-state index in [1.54, 1.807) is 0 Å². The van der Waals surface area contributed by atoms with Gasteiger partial charge in [-0.3, -0.25) is 4.79 Å². The van der Waals surface area contributed by atoms with Crippen LogP contribution in [0.1, 0.15) is 6.42 Å². The predicted octanol–water partition coefficient (Wildman–Crippen LogP) is 0.309. The number of ether oxygens (including phenoxy) is 2. The van der Waals surface area contributed by atoms with E-state index >= 15 is 0 Å². The van der Waals surface area contributed by atoms with Gasteiger partial charge in [-0.15, -0.1) is 0 Å². The first-order chi connectivity index (χ1) is 7.25. The summed E-state index contributed by atoms with van der Waals surface area (Å²) in [4.78, 5) is 24.3. The van der Waals surface area contributed by atoms with Crippen LogP contribution in [0.15, 0.2) is 12.2 Å². The maximum absolute atomic E-state index is 12.0. The number of carbonyl (C=O) groups is 2. The van der Waals surface area contributed by atoms with Crippen molar-refractivity contribution in [3.05, 3.63) is 12.2 Å². The number of nitrogens with zero attached hydrogens (tertiary/aromatic N) is 1. The van der Waals surface area contributed by atoms with Crippen molar-refractivity contribution in [1.82, 2.24) is 4.90 Å². The Labute approximate surface area is 86.6 Å². The summed E-state index contributed by atoms with van der Waals surface area (Å²) in [6.07, 6.45) is 3.95. The molecule has 3 aliphatic rings. The molecule has 0 aromatic heterocycles. The average Bonchev–Trinajstić information content (AvgIpc) is 2.91. The lowest BCUT2D eigenvalue weighted by Crippen LogP contribution is -2.39. The van der Waals surface area contributed by atoms with Gasteiger partial charge in [0.25, 0.3) is 0 Å². The number of imide groups is 1. The molecule has 0 N–H and O–H groups in total. The first kappa shape index (κ1) is 8.91. The largest absolute Gasteiger partial charge is 0.447 e. The molecule has 2 amide bonds. The fourth-order valence-electron chi connectivity index (χ4n) is 2.31. The molecule has 3 rings (SSSR count). The molecular weight excluding hydrogens is 198 g/mol. The summed E-state index contributed by atoms with van der Waals surface area (Å²) in [6.45, 7) is 0.678. The zero-order valence-electron chi connectivity index (χ0n) is 8.09. The second-order valence-electron chi connectivity index (χ2n) is 3.97. The first-order valence-corrected chi connectivity index (χ1v) is 5.07. The van der Waals surface area contributed by atoms with Gasteiger partial charge in [-0.1, -0.05) is 12.2 Å². The first-order valence-electron chi connectivity index (χ1n) is 5.07. The van der Waals surface area contributed by atoms with Crippen molar-refractivity contribution in [2.24, 2.45) is 5.92 Å². The van der Waals surface area contributed by atoms with Crippen LogP contribution in [0.4, 0.5) is 4.79 Å². The third-order valence-corrected chi connectivity index (χ3v) is 3.07. The number of cyclic esters (lactones) is 1. The number of amides is 2. The normalized spacial score (nSPS) is 37.5. The van der Waals surface area contributed by atoms with Crippen molar-refractivity contribution in [3.8, 4) is 0 Å². The molecule has 0 radical (unpaired) electrons. The van der Waals surface area contributed by atoms with E-state index in [1.807, 2.05) is 12.2 Å². The van der Waals surface area contributed by atoms with Gasteiger partial charge in [0.2, 0.25) is 5.91 Å². The third kappa shape index (κ3) is 1.26. The highest BCUT2D eigenvalue weighted by molar-refractivity contribution is 5.94. The van der Waals surface area contributed by atoms with Crippen LogP contribution < -0.4 is 0 Å². The molecule has 0 aliphatic carbocycles. The molecule has 3 aliphatic heterocycles. The second-order valence-corrected chi connectivity index (χ2v) is 3.97. The van der Waals surface area contributed by atoms with Crippen LogP contribution in [0.2, 0.25) is 0 Å². The molecule has 0 unspecified atom stereocenters. The summed E-state index contributed by atoms with van der Waals surface area (Å²) in [5.74, 6) is -0.361. The average molecular weight is 209 g/mol. The Bertz CT molecular complexity index is 351. The molecule has 80 valence electrons. The Hall–Kier alpha value is -1.36. The summed E-state index contributed by atoms with van der Waals surface area (Å²) in [5, 5.41) is 0. The zero-order chi connectivity index (χ0) is 10.4. The molecule has 0 aromatic rings. The Balaban J connectivity index is 1.75. The van der Waals surface area contributed by atoms with E-state index in [2.05, 4.69) is 0 Å². The van der Waals surface area contributed by atoms with Gasteiger partial charge in [0.15, 0.2) is 0 Å². The Morgan fingerprint density at radius 2 is 2.33 bits per heavy atom. The van der Waals surface area contributed by atoms with Crippen LogP contribution in [0.25, 0.3) is 0 Å². The summed E-state index contributed by atoms with van der Waals surface area (Å²) in [7, 11) is 0. The van der Waals surface area contributed by atoms with Crippen LogP contribution in [0.3, 0.4) is 0 Å². The van der Waals surface area contributed by atoms with E-state index in [0.717, 1.165) is 0 Å². The zero-order valence-corrected chi connectivity index (χ0v) is 8.09. The molecule has 5 heteroatoms. The van der Waals surface area contributed by atoms with E-state index in [0.29, 0.717) is 19.6 Å². The van der Waals surface area contributed by atoms with Crippen LogP contribution in [0.5, 0.6) is 0 Å². The minimum Gasteiger partial charge on any atom is -0.447 e. The van der Waals surface area contributed by atoms with Crippen LogP contribution in [0, 0.1) is 5.92 Å². The fourth-order valence-corrected chi connectivity index (χ4v) is 2.31. The van der Waals surface area contributed by atoms with Crippen molar-refractivity contribution in [1.29, 1.82) is 0 Å². The van der Waals surface area contributed by atoms with Gasteiger partial charge in [-0.2, -0.15) is 0 Å². The molecule has 3 heterocycles. The molecule has 0 spiro atoms. The highest BCUT2D eigenvalue weighted by Crippen LogP contribution is 2.35. The molecular formula is C10H11NO4. The molecule has 15 heavy (non-hydrogen) atoms. The molecule has 2 bridgehead atoms. The van der Waals surface area contributed by atoms with Crippen LogP contribution in [-0.2, 0) is 14.3 Å². The summed E-state index contributed by atoms with van der Waals surface area (Å²) in [5.41, 5.74) is 0. The number of fused-ring (bicyclic) bond motifs is 2. The van der Waals surface area contributed by atoms with Crippen molar-refractivity contribution >= 4 is 12.0 Å². The highest BCUT2D eigenvalue weighted by Gasteiger charge is 2.45. The lowest BCUT2D eigenvalue weighted by atomic mass is 9.93.